The third-order valence-electron chi connectivity index (χ3n) is 5.49. The number of halogens is 4. The highest BCUT2D eigenvalue weighted by Gasteiger charge is 2.28. The van der Waals surface area contributed by atoms with Crippen LogP contribution in [0.2, 0.25) is 5.02 Å². The van der Waals surface area contributed by atoms with Gasteiger partial charge >= 0.3 is 6.18 Å². The van der Waals surface area contributed by atoms with Gasteiger partial charge in [-0.05, 0) is 36.4 Å². The van der Waals surface area contributed by atoms with E-state index in [2.05, 4.69) is 25.2 Å². The van der Waals surface area contributed by atoms with Gasteiger partial charge < -0.3 is 19.5 Å². The Morgan fingerprint density at radius 2 is 1.79 bits per heavy atom. The average Bonchev–Trinajstić information content (AvgIpc) is 3.22. The first-order valence-corrected chi connectivity index (χ1v) is 11.0. The first-order chi connectivity index (χ1) is 16.4. The van der Waals surface area contributed by atoms with E-state index < -0.39 is 12.7 Å². The number of fused-ring (bicyclic) bond motifs is 1. The molecule has 1 N–H and O–H groups in total. The average molecular weight is 489 g/mol. The number of nitrogens with zero attached hydrogens (tertiary/aromatic N) is 5. The number of imidazole rings is 1. The normalized spacial score (nSPS) is 14.5. The van der Waals surface area contributed by atoms with Crippen LogP contribution in [0.3, 0.4) is 0 Å². The van der Waals surface area contributed by atoms with Crippen LogP contribution in [0.4, 0.5) is 30.5 Å². The third kappa shape index (κ3) is 4.92. The Morgan fingerprint density at radius 1 is 1.03 bits per heavy atom. The van der Waals surface area contributed by atoms with E-state index in [1.807, 2.05) is 24.3 Å². The van der Waals surface area contributed by atoms with Crippen molar-refractivity contribution >= 4 is 40.0 Å². The van der Waals surface area contributed by atoms with Gasteiger partial charge in [0.05, 0.1) is 47.5 Å². The number of morpholine rings is 1. The van der Waals surface area contributed by atoms with Crippen molar-refractivity contribution in [2.45, 2.75) is 12.7 Å². The lowest BCUT2D eigenvalue weighted by molar-refractivity contribution is -0.139. The van der Waals surface area contributed by atoms with Crippen LogP contribution < -0.4 is 10.2 Å². The number of benzene rings is 2. The number of ether oxygens (including phenoxy) is 1. The SMILES string of the molecule is FC(F)(F)Cn1cnc2ccc(-c3nc(Nc4ccc(N5CCOCC5)cc4)ncc3Cl)cc21. The zero-order valence-corrected chi connectivity index (χ0v) is 18.6. The van der Waals surface area contributed by atoms with Crippen molar-refractivity contribution in [1.29, 1.82) is 0 Å². The van der Waals surface area contributed by atoms with E-state index in [-0.39, 0.29) is 5.02 Å². The predicted molar refractivity (Wildman–Crippen MR) is 125 cm³/mol. The van der Waals surface area contributed by atoms with Crippen molar-refractivity contribution in [2.75, 3.05) is 36.5 Å². The molecule has 1 saturated heterocycles. The molecule has 11 heteroatoms. The Hall–Kier alpha value is -3.37. The summed E-state index contributed by atoms with van der Waals surface area (Å²) in [6.45, 7) is 2.00. The fraction of sp³-hybridized carbons (Fsp3) is 0.261. The number of anilines is 3. The van der Waals surface area contributed by atoms with Gasteiger partial charge in [-0.1, -0.05) is 17.7 Å². The molecule has 4 aromatic rings. The standard InChI is InChI=1S/C23H20ClF3N6O/c24-18-12-28-22(30-16-2-4-17(5-3-16)32-7-9-34-10-8-32)31-21(18)15-1-6-19-20(11-15)33(14-29-19)13-23(25,26)27/h1-6,11-12,14H,7-10,13H2,(H,28,30,31). The number of aromatic nitrogens is 4. The molecule has 0 bridgehead atoms. The summed E-state index contributed by atoms with van der Waals surface area (Å²) in [5, 5.41) is 3.44. The maximum absolute atomic E-state index is 12.9. The van der Waals surface area contributed by atoms with Crippen molar-refractivity contribution in [3.63, 3.8) is 0 Å². The van der Waals surface area contributed by atoms with Gasteiger partial charge in [-0.3, -0.25) is 0 Å². The van der Waals surface area contributed by atoms with Crippen molar-refractivity contribution in [2.24, 2.45) is 0 Å². The van der Waals surface area contributed by atoms with Crippen LogP contribution in [0.5, 0.6) is 0 Å². The summed E-state index contributed by atoms with van der Waals surface area (Å²) in [6, 6.07) is 12.9. The molecule has 0 aliphatic carbocycles. The summed E-state index contributed by atoms with van der Waals surface area (Å²) in [4.78, 5) is 15.1. The van der Waals surface area contributed by atoms with Crippen LogP contribution in [-0.2, 0) is 11.3 Å². The molecule has 0 saturated carbocycles. The van der Waals surface area contributed by atoms with Crippen LogP contribution in [0.25, 0.3) is 22.3 Å². The van der Waals surface area contributed by atoms with E-state index in [4.69, 9.17) is 16.3 Å². The van der Waals surface area contributed by atoms with E-state index in [1.54, 1.807) is 18.2 Å². The molecule has 0 unspecified atom stereocenters. The number of hydrogen-bond acceptors (Lipinski definition) is 6. The second-order valence-electron chi connectivity index (χ2n) is 7.85. The van der Waals surface area contributed by atoms with Crippen LogP contribution in [0.15, 0.2) is 55.0 Å². The third-order valence-corrected chi connectivity index (χ3v) is 5.76. The Balaban J connectivity index is 1.39. The molecule has 3 heterocycles. The highest BCUT2D eigenvalue weighted by Crippen LogP contribution is 2.30. The minimum atomic E-state index is -4.36. The van der Waals surface area contributed by atoms with Crippen LogP contribution in [-0.4, -0.2) is 52.0 Å². The summed E-state index contributed by atoms with van der Waals surface area (Å²) in [5.41, 5.74) is 3.68. The van der Waals surface area contributed by atoms with Gasteiger partial charge in [-0.25, -0.2) is 15.0 Å². The summed E-state index contributed by atoms with van der Waals surface area (Å²) >= 11 is 6.34. The topological polar surface area (TPSA) is 68.1 Å². The molecule has 7 nitrogen and oxygen atoms in total. The smallest absolute Gasteiger partial charge is 0.378 e. The van der Waals surface area contributed by atoms with Gasteiger partial charge in [0.15, 0.2) is 0 Å². The fourth-order valence-corrected chi connectivity index (χ4v) is 4.06. The molecular formula is C23H20ClF3N6O. The first-order valence-electron chi connectivity index (χ1n) is 10.6. The Labute approximate surface area is 198 Å². The molecule has 0 atom stereocenters. The maximum atomic E-state index is 12.9. The predicted octanol–water partition coefficient (Wildman–Crippen LogP) is 5.29. The molecule has 1 fully saturated rings. The van der Waals surface area contributed by atoms with Gasteiger partial charge in [0.1, 0.15) is 6.54 Å². The summed E-state index contributed by atoms with van der Waals surface area (Å²) in [5.74, 6) is 0.322. The van der Waals surface area contributed by atoms with E-state index in [0.29, 0.717) is 41.5 Å². The Bertz CT molecular complexity index is 1300. The highest BCUT2D eigenvalue weighted by molar-refractivity contribution is 6.33. The zero-order valence-electron chi connectivity index (χ0n) is 17.9. The van der Waals surface area contributed by atoms with E-state index in [0.717, 1.165) is 29.0 Å². The van der Waals surface area contributed by atoms with Gasteiger partial charge in [0.2, 0.25) is 5.95 Å². The summed E-state index contributed by atoms with van der Waals surface area (Å²) < 4.78 is 45.2. The molecule has 2 aromatic carbocycles. The minimum absolute atomic E-state index is 0.287. The van der Waals surface area contributed by atoms with Crippen LogP contribution in [0.1, 0.15) is 0 Å². The lowest BCUT2D eigenvalue weighted by Crippen LogP contribution is -2.36. The van der Waals surface area contributed by atoms with Crippen molar-refractivity contribution in [1.82, 2.24) is 19.5 Å². The molecule has 1 aliphatic rings. The van der Waals surface area contributed by atoms with E-state index in [1.165, 1.54) is 12.5 Å². The lowest BCUT2D eigenvalue weighted by Gasteiger charge is -2.28. The number of hydrogen-bond donors (Lipinski definition) is 1. The van der Waals surface area contributed by atoms with Crippen molar-refractivity contribution in [3.05, 3.63) is 60.0 Å². The van der Waals surface area contributed by atoms with Gasteiger partial charge in [-0.15, -0.1) is 0 Å². The molecule has 2 aromatic heterocycles. The monoisotopic (exact) mass is 488 g/mol. The molecular weight excluding hydrogens is 469 g/mol. The second kappa shape index (κ2) is 9.11. The highest BCUT2D eigenvalue weighted by atomic mass is 35.5. The maximum Gasteiger partial charge on any atom is 0.406 e. The van der Waals surface area contributed by atoms with Gasteiger partial charge in [0, 0.05) is 30.0 Å². The molecule has 5 rings (SSSR count). The molecule has 1 aliphatic heterocycles. The zero-order chi connectivity index (χ0) is 23.7. The van der Waals surface area contributed by atoms with Crippen molar-refractivity contribution < 1.29 is 17.9 Å². The largest absolute Gasteiger partial charge is 0.406 e. The fourth-order valence-electron chi connectivity index (χ4n) is 3.86. The molecule has 176 valence electrons. The molecule has 0 radical (unpaired) electrons. The first kappa shape index (κ1) is 22.4. The summed E-state index contributed by atoms with van der Waals surface area (Å²) in [6.07, 6.45) is -1.72. The van der Waals surface area contributed by atoms with Crippen LogP contribution >= 0.6 is 11.6 Å². The Kier molecular flexibility index (Phi) is 6.01. The lowest BCUT2D eigenvalue weighted by atomic mass is 10.1. The van der Waals surface area contributed by atoms with Crippen molar-refractivity contribution in [3.8, 4) is 11.3 Å². The number of rotatable bonds is 5. The molecule has 0 amide bonds. The van der Waals surface area contributed by atoms with Gasteiger partial charge in [0.25, 0.3) is 0 Å². The molecule has 34 heavy (non-hydrogen) atoms. The van der Waals surface area contributed by atoms with Crippen LogP contribution in [0, 0.1) is 0 Å². The van der Waals surface area contributed by atoms with E-state index in [9.17, 15) is 13.2 Å². The Morgan fingerprint density at radius 3 is 2.53 bits per heavy atom. The minimum Gasteiger partial charge on any atom is -0.378 e. The van der Waals surface area contributed by atoms with Gasteiger partial charge in [-0.2, -0.15) is 13.2 Å². The number of nitrogens with one attached hydrogen (secondary N) is 1. The van der Waals surface area contributed by atoms with E-state index >= 15 is 0 Å². The molecule has 0 spiro atoms. The quantitative estimate of drug-likeness (QED) is 0.412. The number of alkyl halides is 3. The second-order valence-corrected chi connectivity index (χ2v) is 8.26. The summed E-state index contributed by atoms with van der Waals surface area (Å²) in [7, 11) is 0.